The molecule has 0 aliphatic carbocycles. The van der Waals surface area contributed by atoms with Crippen LogP contribution >= 0.6 is 0 Å². The van der Waals surface area contributed by atoms with E-state index >= 15 is 0 Å². The van der Waals surface area contributed by atoms with Gasteiger partial charge < -0.3 is 4.90 Å². The summed E-state index contributed by atoms with van der Waals surface area (Å²) in [5.41, 5.74) is 5.72. The van der Waals surface area contributed by atoms with Crippen molar-refractivity contribution in [2.45, 2.75) is 25.4 Å². The van der Waals surface area contributed by atoms with E-state index in [4.69, 9.17) is 0 Å². The fourth-order valence-electron chi connectivity index (χ4n) is 3.32. The van der Waals surface area contributed by atoms with Crippen LogP contribution in [0.3, 0.4) is 0 Å². The van der Waals surface area contributed by atoms with Gasteiger partial charge in [-0.3, -0.25) is 10.5 Å². The van der Waals surface area contributed by atoms with Crippen molar-refractivity contribution in [2.75, 3.05) is 4.90 Å². The maximum atomic E-state index is 13.4. The van der Waals surface area contributed by atoms with E-state index in [0.717, 1.165) is 35.0 Å². The Balaban J connectivity index is 1.82. The lowest BCUT2D eigenvalue weighted by molar-refractivity contribution is 0.348. The topological polar surface area (TPSA) is 56.3 Å². The van der Waals surface area contributed by atoms with E-state index in [1.807, 2.05) is 24.3 Å². The Morgan fingerprint density at radius 2 is 2.00 bits per heavy atom. The third kappa shape index (κ3) is 2.22. The zero-order valence-electron chi connectivity index (χ0n) is 13.3. The van der Waals surface area contributed by atoms with Gasteiger partial charge in [-0.1, -0.05) is 25.5 Å². The lowest BCUT2D eigenvalue weighted by atomic mass is 9.93. The largest absolute Gasteiger partial charge is 0.302 e. The molecule has 2 N–H and O–H groups in total. The van der Waals surface area contributed by atoms with Crippen LogP contribution in [0.2, 0.25) is 0 Å². The molecular weight excluding hydrogens is 305 g/mol. The summed E-state index contributed by atoms with van der Waals surface area (Å²) >= 11 is 0. The predicted octanol–water partition coefficient (Wildman–Crippen LogP) is 3.71. The Morgan fingerprint density at radius 3 is 2.79 bits per heavy atom. The first-order valence-corrected chi connectivity index (χ1v) is 8.02. The minimum atomic E-state index is -0.514. The van der Waals surface area contributed by atoms with E-state index < -0.39 is 5.66 Å². The summed E-state index contributed by atoms with van der Waals surface area (Å²) in [5, 5.41) is 12.4. The zero-order chi connectivity index (χ0) is 16.6. The number of hydrogen-bond acceptors (Lipinski definition) is 4. The normalized spacial score (nSPS) is 19.8. The number of rotatable bonds is 4. The Hall–Kier alpha value is -2.89. The highest BCUT2D eigenvalue weighted by molar-refractivity contribution is 5.89. The van der Waals surface area contributed by atoms with Crippen molar-refractivity contribution in [1.29, 1.82) is 0 Å². The van der Waals surface area contributed by atoms with Gasteiger partial charge in [-0.25, -0.2) is 4.39 Å². The molecule has 1 aliphatic heterocycles. The SMILES string of the molecule is CCCC1(c2ccc(F)cc2)NN=CN1c1ccc2[nH]ncc2c1. The Labute approximate surface area is 139 Å². The molecule has 4 rings (SSSR count). The number of aromatic nitrogens is 2. The smallest absolute Gasteiger partial charge is 0.157 e. The molecule has 0 saturated heterocycles. The molecule has 0 bridgehead atoms. The Morgan fingerprint density at radius 1 is 1.17 bits per heavy atom. The highest BCUT2D eigenvalue weighted by Crippen LogP contribution is 2.37. The molecule has 122 valence electrons. The number of H-pyrrole nitrogens is 1. The average molecular weight is 323 g/mol. The van der Waals surface area contributed by atoms with Gasteiger partial charge in [-0.05, 0) is 42.3 Å². The number of aromatic amines is 1. The predicted molar refractivity (Wildman–Crippen MR) is 93.2 cm³/mol. The van der Waals surface area contributed by atoms with E-state index in [1.54, 1.807) is 12.5 Å². The van der Waals surface area contributed by atoms with Crippen molar-refractivity contribution in [1.82, 2.24) is 15.6 Å². The van der Waals surface area contributed by atoms with Gasteiger partial charge in [0.15, 0.2) is 5.66 Å². The summed E-state index contributed by atoms with van der Waals surface area (Å²) in [7, 11) is 0. The van der Waals surface area contributed by atoms with E-state index in [2.05, 4.69) is 38.6 Å². The summed E-state index contributed by atoms with van der Waals surface area (Å²) in [6.45, 7) is 2.13. The standard InChI is InChI=1S/C18H18FN5/c1-2-9-18(14-3-5-15(19)6-4-14)23-21-12-24(18)16-7-8-17-13(10-16)11-20-22-17/h3-8,10-12,23H,2,9H2,1H3,(H,20,22). The van der Waals surface area contributed by atoms with Gasteiger partial charge in [0.25, 0.3) is 0 Å². The number of halogens is 1. The molecule has 24 heavy (non-hydrogen) atoms. The van der Waals surface area contributed by atoms with Crippen molar-refractivity contribution in [3.63, 3.8) is 0 Å². The highest BCUT2D eigenvalue weighted by Gasteiger charge is 2.40. The molecule has 0 fully saturated rings. The molecular formula is C18H18FN5. The van der Waals surface area contributed by atoms with Gasteiger partial charge in [-0.15, -0.1) is 0 Å². The van der Waals surface area contributed by atoms with Crippen molar-refractivity contribution in [3.8, 4) is 0 Å². The van der Waals surface area contributed by atoms with Crippen LogP contribution in [0.4, 0.5) is 10.1 Å². The molecule has 0 saturated carbocycles. The van der Waals surface area contributed by atoms with Crippen molar-refractivity contribution < 1.29 is 4.39 Å². The maximum Gasteiger partial charge on any atom is 0.157 e. The number of nitrogens with zero attached hydrogens (tertiary/aromatic N) is 3. The van der Waals surface area contributed by atoms with E-state index in [0.29, 0.717) is 0 Å². The Kier molecular flexibility index (Phi) is 3.45. The van der Waals surface area contributed by atoms with Gasteiger partial charge in [0, 0.05) is 11.1 Å². The monoisotopic (exact) mass is 323 g/mol. The lowest BCUT2D eigenvalue weighted by Crippen LogP contribution is -2.49. The van der Waals surface area contributed by atoms with Crippen LogP contribution in [0.25, 0.3) is 10.9 Å². The summed E-state index contributed by atoms with van der Waals surface area (Å²) in [4.78, 5) is 2.11. The van der Waals surface area contributed by atoms with Crippen molar-refractivity contribution >= 4 is 22.9 Å². The third-order valence-corrected chi connectivity index (χ3v) is 4.47. The molecule has 1 atom stereocenters. The molecule has 6 heteroatoms. The first-order chi connectivity index (χ1) is 11.7. The maximum absolute atomic E-state index is 13.4. The number of hydrazone groups is 1. The molecule has 0 radical (unpaired) electrons. The van der Waals surface area contributed by atoms with Crippen LogP contribution in [0, 0.1) is 5.82 Å². The van der Waals surface area contributed by atoms with E-state index in [1.165, 1.54) is 12.1 Å². The number of fused-ring (bicyclic) bond motifs is 1. The van der Waals surface area contributed by atoms with Gasteiger partial charge in [-0.2, -0.15) is 10.2 Å². The number of nitrogens with one attached hydrogen (secondary N) is 2. The fraction of sp³-hybridized carbons (Fsp3) is 0.222. The third-order valence-electron chi connectivity index (χ3n) is 4.47. The quantitative estimate of drug-likeness (QED) is 0.769. The van der Waals surface area contributed by atoms with Crippen LogP contribution in [0.15, 0.2) is 53.8 Å². The van der Waals surface area contributed by atoms with Gasteiger partial charge in [0.05, 0.1) is 11.7 Å². The number of anilines is 1. The second-order valence-corrected chi connectivity index (χ2v) is 5.99. The van der Waals surface area contributed by atoms with Crippen LogP contribution in [0.5, 0.6) is 0 Å². The first kappa shape index (κ1) is 14.7. The minimum Gasteiger partial charge on any atom is -0.302 e. The molecule has 2 heterocycles. The first-order valence-electron chi connectivity index (χ1n) is 8.02. The number of hydrogen-bond donors (Lipinski definition) is 2. The average Bonchev–Trinajstić information content (AvgIpc) is 3.22. The molecule has 0 amide bonds. The summed E-state index contributed by atoms with van der Waals surface area (Å²) in [6, 6.07) is 12.7. The van der Waals surface area contributed by atoms with Gasteiger partial charge in [0.1, 0.15) is 12.2 Å². The summed E-state index contributed by atoms with van der Waals surface area (Å²) in [5.74, 6) is -0.240. The summed E-state index contributed by atoms with van der Waals surface area (Å²) < 4.78 is 13.4. The van der Waals surface area contributed by atoms with Crippen molar-refractivity contribution in [3.05, 3.63) is 60.0 Å². The fourth-order valence-corrected chi connectivity index (χ4v) is 3.32. The molecule has 2 aromatic carbocycles. The van der Waals surface area contributed by atoms with Gasteiger partial charge >= 0.3 is 0 Å². The second-order valence-electron chi connectivity index (χ2n) is 5.99. The van der Waals surface area contributed by atoms with Gasteiger partial charge in [0.2, 0.25) is 0 Å². The van der Waals surface area contributed by atoms with Crippen LogP contribution in [-0.2, 0) is 5.66 Å². The molecule has 5 nitrogen and oxygen atoms in total. The second kappa shape index (κ2) is 5.63. The zero-order valence-corrected chi connectivity index (χ0v) is 13.3. The molecule has 3 aromatic rings. The van der Waals surface area contributed by atoms with Crippen molar-refractivity contribution in [2.24, 2.45) is 5.10 Å². The minimum absolute atomic E-state index is 0.240. The van der Waals surface area contributed by atoms with Crippen LogP contribution in [-0.4, -0.2) is 16.5 Å². The van der Waals surface area contributed by atoms with E-state index in [9.17, 15) is 4.39 Å². The number of benzene rings is 2. The highest BCUT2D eigenvalue weighted by atomic mass is 19.1. The van der Waals surface area contributed by atoms with Crippen LogP contribution < -0.4 is 10.3 Å². The molecule has 1 unspecified atom stereocenters. The lowest BCUT2D eigenvalue weighted by Gasteiger charge is -2.38. The van der Waals surface area contributed by atoms with E-state index in [-0.39, 0.29) is 5.82 Å². The molecule has 0 spiro atoms. The molecule has 1 aromatic heterocycles. The Bertz CT molecular complexity index is 886. The van der Waals surface area contributed by atoms with Crippen LogP contribution in [0.1, 0.15) is 25.3 Å². The summed E-state index contributed by atoms with van der Waals surface area (Å²) in [6.07, 6.45) is 5.39. The molecule has 1 aliphatic rings.